The van der Waals surface area contributed by atoms with Crippen LogP contribution in [0.2, 0.25) is 0 Å². The summed E-state index contributed by atoms with van der Waals surface area (Å²) in [5.41, 5.74) is 1.68. The molecule has 0 spiro atoms. The van der Waals surface area contributed by atoms with Gasteiger partial charge in [-0.3, -0.25) is 0 Å². The Balaban J connectivity index is 0.00000441. The van der Waals surface area contributed by atoms with Crippen LogP contribution in [0.15, 0.2) is 35.8 Å². The summed E-state index contributed by atoms with van der Waals surface area (Å²) >= 11 is 0. The van der Waals surface area contributed by atoms with E-state index in [0.29, 0.717) is 25.2 Å². The lowest BCUT2D eigenvalue weighted by atomic mass is 10.1. The van der Waals surface area contributed by atoms with Crippen LogP contribution in [-0.2, 0) is 13.1 Å². The molecule has 0 aliphatic carbocycles. The third-order valence-corrected chi connectivity index (χ3v) is 2.77. The first kappa shape index (κ1) is 20.9. The predicted molar refractivity (Wildman–Crippen MR) is 102 cm³/mol. The third kappa shape index (κ3) is 7.74. The van der Waals surface area contributed by atoms with Crippen LogP contribution in [0.1, 0.15) is 18.1 Å². The Morgan fingerprint density at radius 2 is 2.09 bits per heavy atom. The van der Waals surface area contributed by atoms with Gasteiger partial charge in [0.2, 0.25) is 0 Å². The van der Waals surface area contributed by atoms with Gasteiger partial charge in [0, 0.05) is 25.2 Å². The summed E-state index contributed by atoms with van der Waals surface area (Å²) < 4.78 is 13.7. The Morgan fingerprint density at radius 3 is 2.68 bits per heavy atom. The molecule has 1 aromatic carbocycles. The van der Waals surface area contributed by atoms with Gasteiger partial charge in [0.15, 0.2) is 5.96 Å². The van der Waals surface area contributed by atoms with Crippen molar-refractivity contribution < 1.29 is 4.39 Å². The van der Waals surface area contributed by atoms with E-state index in [1.807, 2.05) is 32.0 Å². The summed E-state index contributed by atoms with van der Waals surface area (Å²) in [4.78, 5) is 6.43. The molecule has 0 bridgehead atoms. The molecule has 0 saturated carbocycles. The number of halogens is 2. The first-order valence-electron chi connectivity index (χ1n) is 7.12. The number of aliphatic imine (C=N–C) groups is 1. The van der Waals surface area contributed by atoms with Crippen molar-refractivity contribution in [2.75, 3.05) is 27.2 Å². The monoisotopic (exact) mass is 420 g/mol. The minimum atomic E-state index is -0.173. The van der Waals surface area contributed by atoms with E-state index >= 15 is 0 Å². The molecule has 0 atom stereocenters. The van der Waals surface area contributed by atoms with Gasteiger partial charge < -0.3 is 15.5 Å². The van der Waals surface area contributed by atoms with Crippen LogP contribution in [0.3, 0.4) is 0 Å². The Kier molecular flexibility index (Phi) is 10.8. The molecule has 2 N–H and O–H groups in total. The van der Waals surface area contributed by atoms with Crippen LogP contribution >= 0.6 is 24.0 Å². The maximum Gasteiger partial charge on any atom is 0.191 e. The minimum Gasteiger partial charge on any atom is -0.357 e. The van der Waals surface area contributed by atoms with Crippen LogP contribution in [0.5, 0.6) is 0 Å². The zero-order valence-electron chi connectivity index (χ0n) is 13.5. The van der Waals surface area contributed by atoms with Crippen molar-refractivity contribution in [3.05, 3.63) is 47.8 Å². The Hall–Kier alpha value is -1.15. The summed E-state index contributed by atoms with van der Waals surface area (Å²) in [5.74, 6) is 0.559. The normalized spacial score (nSPS) is 11.0. The van der Waals surface area contributed by atoms with E-state index in [-0.39, 0.29) is 29.8 Å². The maximum absolute atomic E-state index is 13.7. The largest absolute Gasteiger partial charge is 0.357 e. The highest BCUT2D eigenvalue weighted by atomic mass is 127. The Bertz CT molecular complexity index is 489. The lowest BCUT2D eigenvalue weighted by Gasteiger charge is -2.12. The second-order valence-electron chi connectivity index (χ2n) is 5.03. The van der Waals surface area contributed by atoms with Gasteiger partial charge in [0.05, 0.1) is 6.54 Å². The van der Waals surface area contributed by atoms with Crippen molar-refractivity contribution >= 4 is 29.9 Å². The number of benzene rings is 1. The molecule has 0 aliphatic rings. The third-order valence-electron chi connectivity index (χ3n) is 2.77. The lowest BCUT2D eigenvalue weighted by Crippen LogP contribution is -2.37. The van der Waals surface area contributed by atoms with Crippen LogP contribution in [0.25, 0.3) is 0 Å². The number of hydrogen-bond donors (Lipinski definition) is 2. The summed E-state index contributed by atoms with van der Waals surface area (Å²) in [6, 6.07) is 5.15. The standard InChI is InChI=1S/C16H25FN4.HI/c1-5-9-19-16(18-6-2)20-11-13-7-8-15(17)14(10-13)12-21(3)4;/h5,7-8,10H,1,6,9,11-12H2,2-4H3,(H2,18,19,20);1H. The number of guanidine groups is 1. The van der Waals surface area contributed by atoms with E-state index in [2.05, 4.69) is 22.2 Å². The van der Waals surface area contributed by atoms with E-state index in [1.165, 1.54) is 6.07 Å². The zero-order valence-corrected chi connectivity index (χ0v) is 15.9. The highest BCUT2D eigenvalue weighted by molar-refractivity contribution is 14.0. The van der Waals surface area contributed by atoms with Gasteiger partial charge in [-0.25, -0.2) is 9.38 Å². The average molecular weight is 420 g/mol. The first-order chi connectivity index (χ1) is 10.1. The summed E-state index contributed by atoms with van der Waals surface area (Å²) in [7, 11) is 3.85. The smallest absolute Gasteiger partial charge is 0.191 e. The minimum absolute atomic E-state index is 0. The first-order valence-corrected chi connectivity index (χ1v) is 7.12. The molecule has 0 fully saturated rings. The van der Waals surface area contributed by atoms with Gasteiger partial charge in [-0.1, -0.05) is 12.1 Å². The molecule has 124 valence electrons. The van der Waals surface area contributed by atoms with E-state index in [4.69, 9.17) is 0 Å². The molecule has 0 radical (unpaired) electrons. The van der Waals surface area contributed by atoms with Gasteiger partial charge in [-0.05, 0) is 38.7 Å². The summed E-state index contributed by atoms with van der Waals surface area (Å²) in [6.45, 7) is 8.21. The van der Waals surface area contributed by atoms with Gasteiger partial charge in [0.25, 0.3) is 0 Å². The molecular formula is C16H26FIN4. The second kappa shape index (κ2) is 11.4. The molecule has 0 saturated heterocycles. The lowest BCUT2D eigenvalue weighted by molar-refractivity contribution is 0.392. The van der Waals surface area contributed by atoms with Crippen molar-refractivity contribution in [3.8, 4) is 0 Å². The fraction of sp³-hybridized carbons (Fsp3) is 0.438. The van der Waals surface area contributed by atoms with Crippen LogP contribution in [0.4, 0.5) is 4.39 Å². The van der Waals surface area contributed by atoms with Crippen LogP contribution in [0, 0.1) is 5.82 Å². The fourth-order valence-electron chi connectivity index (χ4n) is 1.87. The van der Waals surface area contributed by atoms with Crippen molar-refractivity contribution in [3.63, 3.8) is 0 Å². The van der Waals surface area contributed by atoms with Crippen molar-refractivity contribution in [2.24, 2.45) is 4.99 Å². The molecule has 0 heterocycles. The van der Waals surface area contributed by atoms with E-state index in [0.717, 1.165) is 18.1 Å². The molecule has 0 unspecified atom stereocenters. The molecular weight excluding hydrogens is 394 g/mol. The van der Waals surface area contributed by atoms with Gasteiger partial charge in [0.1, 0.15) is 5.82 Å². The van der Waals surface area contributed by atoms with Gasteiger partial charge >= 0.3 is 0 Å². The average Bonchev–Trinajstić information content (AvgIpc) is 2.44. The highest BCUT2D eigenvalue weighted by Gasteiger charge is 2.05. The molecule has 6 heteroatoms. The van der Waals surface area contributed by atoms with Crippen molar-refractivity contribution in [2.45, 2.75) is 20.0 Å². The topological polar surface area (TPSA) is 39.7 Å². The summed E-state index contributed by atoms with van der Waals surface area (Å²) in [6.07, 6.45) is 1.78. The molecule has 0 amide bonds. The predicted octanol–water partition coefficient (Wildman–Crippen LogP) is 2.75. The van der Waals surface area contributed by atoms with Crippen molar-refractivity contribution in [1.29, 1.82) is 0 Å². The number of rotatable bonds is 7. The van der Waals surface area contributed by atoms with Gasteiger partial charge in [-0.15, -0.1) is 30.6 Å². The molecule has 4 nitrogen and oxygen atoms in total. The molecule has 1 aromatic rings. The van der Waals surface area contributed by atoms with Crippen LogP contribution < -0.4 is 10.6 Å². The van der Waals surface area contributed by atoms with E-state index in [1.54, 1.807) is 12.1 Å². The SMILES string of the molecule is C=CCNC(=NCc1ccc(F)c(CN(C)C)c1)NCC.I. The summed E-state index contributed by atoms with van der Waals surface area (Å²) in [5, 5.41) is 6.29. The fourth-order valence-corrected chi connectivity index (χ4v) is 1.87. The zero-order chi connectivity index (χ0) is 15.7. The molecule has 0 aromatic heterocycles. The number of nitrogens with zero attached hydrogens (tertiary/aromatic N) is 2. The molecule has 22 heavy (non-hydrogen) atoms. The van der Waals surface area contributed by atoms with E-state index < -0.39 is 0 Å². The van der Waals surface area contributed by atoms with Gasteiger partial charge in [-0.2, -0.15) is 0 Å². The molecule has 0 aliphatic heterocycles. The molecule has 1 rings (SSSR count). The number of hydrogen-bond acceptors (Lipinski definition) is 2. The maximum atomic E-state index is 13.7. The number of nitrogens with one attached hydrogen (secondary N) is 2. The van der Waals surface area contributed by atoms with Crippen molar-refractivity contribution in [1.82, 2.24) is 15.5 Å². The second-order valence-corrected chi connectivity index (χ2v) is 5.03. The highest BCUT2D eigenvalue weighted by Crippen LogP contribution is 2.13. The Morgan fingerprint density at radius 1 is 1.36 bits per heavy atom. The van der Waals surface area contributed by atoms with E-state index in [9.17, 15) is 4.39 Å². The Labute approximate surface area is 149 Å². The quantitative estimate of drug-likeness (QED) is 0.309. The van der Waals surface area contributed by atoms with Crippen LogP contribution in [-0.4, -0.2) is 38.0 Å².